The molecule has 1 aromatic carbocycles. The third kappa shape index (κ3) is 2.72. The molecule has 78 valence electrons. The van der Waals surface area contributed by atoms with Gasteiger partial charge in [-0.05, 0) is 38.8 Å². The van der Waals surface area contributed by atoms with Crippen LogP contribution >= 0.6 is 15.9 Å². The minimum absolute atomic E-state index is 0.306. The molecule has 0 bridgehead atoms. The molecule has 3 N–H and O–H groups in total. The molecular weight excluding hydrogens is 242 g/mol. The number of phenolic OH excluding ortho intramolecular Hbond substituents is 1. The molecule has 0 unspecified atom stereocenters. The monoisotopic (exact) mass is 257 g/mol. The van der Waals surface area contributed by atoms with Gasteiger partial charge in [0.05, 0.1) is 0 Å². The van der Waals surface area contributed by atoms with E-state index in [-0.39, 0.29) is 5.54 Å². The predicted molar refractivity (Wildman–Crippen MR) is 62.5 cm³/mol. The average Bonchev–Trinajstić information content (AvgIpc) is 2.04. The molecular formula is C11H16BrNO. The van der Waals surface area contributed by atoms with Gasteiger partial charge in [-0.25, -0.2) is 0 Å². The highest BCUT2D eigenvalue weighted by atomic mass is 79.9. The van der Waals surface area contributed by atoms with E-state index < -0.39 is 0 Å². The maximum absolute atomic E-state index is 9.69. The van der Waals surface area contributed by atoms with Crippen LogP contribution in [-0.2, 0) is 6.42 Å². The number of hydrogen-bond donors (Lipinski definition) is 2. The lowest BCUT2D eigenvalue weighted by Crippen LogP contribution is -2.34. The molecule has 0 atom stereocenters. The molecule has 0 saturated heterocycles. The molecule has 0 spiro atoms. The summed E-state index contributed by atoms with van der Waals surface area (Å²) in [7, 11) is 0. The van der Waals surface area contributed by atoms with Crippen LogP contribution in [0.25, 0.3) is 0 Å². The summed E-state index contributed by atoms with van der Waals surface area (Å²) in [6.45, 7) is 5.89. The number of halogens is 1. The number of aryl methyl sites for hydroxylation is 1. The molecule has 0 aliphatic carbocycles. The van der Waals surface area contributed by atoms with Crippen LogP contribution in [-0.4, -0.2) is 10.6 Å². The van der Waals surface area contributed by atoms with E-state index in [0.29, 0.717) is 12.2 Å². The molecule has 0 aliphatic heterocycles. The van der Waals surface area contributed by atoms with Crippen molar-refractivity contribution >= 4 is 15.9 Å². The molecule has 2 nitrogen and oxygen atoms in total. The van der Waals surface area contributed by atoms with Crippen molar-refractivity contribution in [2.75, 3.05) is 0 Å². The Balaban J connectivity index is 3.13. The van der Waals surface area contributed by atoms with Gasteiger partial charge in [0.25, 0.3) is 0 Å². The van der Waals surface area contributed by atoms with Crippen LogP contribution in [0.5, 0.6) is 5.75 Å². The van der Waals surface area contributed by atoms with Gasteiger partial charge in [0.2, 0.25) is 0 Å². The Labute approximate surface area is 93.3 Å². The van der Waals surface area contributed by atoms with Crippen molar-refractivity contribution in [3.05, 3.63) is 27.7 Å². The zero-order valence-electron chi connectivity index (χ0n) is 8.76. The quantitative estimate of drug-likeness (QED) is 0.856. The number of rotatable bonds is 2. The second kappa shape index (κ2) is 3.91. The predicted octanol–water partition coefficient (Wildman–Crippen LogP) is 2.74. The lowest BCUT2D eigenvalue weighted by Gasteiger charge is -2.20. The lowest BCUT2D eigenvalue weighted by atomic mass is 9.94. The van der Waals surface area contributed by atoms with E-state index >= 15 is 0 Å². The van der Waals surface area contributed by atoms with Gasteiger partial charge >= 0.3 is 0 Å². The Kier molecular flexibility index (Phi) is 3.22. The summed E-state index contributed by atoms with van der Waals surface area (Å²) in [6.07, 6.45) is 0.654. The first-order chi connectivity index (χ1) is 6.31. The van der Waals surface area contributed by atoms with E-state index in [4.69, 9.17) is 5.73 Å². The van der Waals surface area contributed by atoms with Crippen LogP contribution in [0.2, 0.25) is 0 Å². The summed E-state index contributed by atoms with van der Waals surface area (Å²) >= 11 is 3.47. The van der Waals surface area contributed by atoms with E-state index in [0.717, 1.165) is 15.6 Å². The standard InChI is InChI=1S/C11H16BrNO/c1-7-4-5-9(14)8(10(7)12)6-11(2,3)13/h4-5,14H,6,13H2,1-3H3. The summed E-state index contributed by atoms with van der Waals surface area (Å²) in [5.74, 6) is 0.306. The minimum atomic E-state index is -0.312. The molecule has 0 radical (unpaired) electrons. The number of aromatic hydroxyl groups is 1. The third-order valence-electron chi connectivity index (χ3n) is 2.04. The molecule has 14 heavy (non-hydrogen) atoms. The number of benzene rings is 1. The van der Waals surface area contributed by atoms with Crippen molar-refractivity contribution in [1.82, 2.24) is 0 Å². The van der Waals surface area contributed by atoms with Gasteiger partial charge in [0.15, 0.2) is 0 Å². The van der Waals surface area contributed by atoms with E-state index in [2.05, 4.69) is 15.9 Å². The Hall–Kier alpha value is -0.540. The van der Waals surface area contributed by atoms with E-state index in [1.54, 1.807) is 6.07 Å². The Morgan fingerprint density at radius 2 is 2.00 bits per heavy atom. The van der Waals surface area contributed by atoms with Crippen molar-refractivity contribution in [2.24, 2.45) is 5.73 Å². The van der Waals surface area contributed by atoms with Crippen molar-refractivity contribution in [3.8, 4) is 5.75 Å². The van der Waals surface area contributed by atoms with Crippen LogP contribution in [0.15, 0.2) is 16.6 Å². The van der Waals surface area contributed by atoms with E-state index in [9.17, 15) is 5.11 Å². The first-order valence-electron chi connectivity index (χ1n) is 4.57. The zero-order chi connectivity index (χ0) is 10.9. The highest BCUT2D eigenvalue weighted by Gasteiger charge is 2.17. The van der Waals surface area contributed by atoms with Gasteiger partial charge in [0, 0.05) is 15.6 Å². The van der Waals surface area contributed by atoms with Crippen LogP contribution in [0.4, 0.5) is 0 Å². The van der Waals surface area contributed by atoms with Crippen molar-refractivity contribution in [3.63, 3.8) is 0 Å². The second-order valence-corrected chi connectivity index (χ2v) is 5.15. The van der Waals surface area contributed by atoms with Crippen LogP contribution in [0, 0.1) is 6.92 Å². The highest BCUT2D eigenvalue weighted by molar-refractivity contribution is 9.10. The van der Waals surface area contributed by atoms with Gasteiger partial charge in [-0.2, -0.15) is 0 Å². The topological polar surface area (TPSA) is 46.2 Å². The fraction of sp³-hybridized carbons (Fsp3) is 0.455. The summed E-state index contributed by atoms with van der Waals surface area (Å²) in [4.78, 5) is 0. The zero-order valence-corrected chi connectivity index (χ0v) is 10.4. The van der Waals surface area contributed by atoms with E-state index in [1.807, 2.05) is 26.8 Å². The Morgan fingerprint density at radius 1 is 1.43 bits per heavy atom. The SMILES string of the molecule is Cc1ccc(O)c(CC(C)(C)N)c1Br. The largest absolute Gasteiger partial charge is 0.508 e. The minimum Gasteiger partial charge on any atom is -0.508 e. The molecule has 3 heteroatoms. The lowest BCUT2D eigenvalue weighted by molar-refractivity contribution is 0.448. The van der Waals surface area contributed by atoms with E-state index in [1.165, 1.54) is 0 Å². The third-order valence-corrected chi connectivity index (χ3v) is 3.15. The fourth-order valence-corrected chi connectivity index (χ4v) is 1.83. The average molecular weight is 258 g/mol. The first-order valence-corrected chi connectivity index (χ1v) is 5.36. The molecule has 0 aromatic heterocycles. The summed E-state index contributed by atoms with van der Waals surface area (Å²) in [5, 5.41) is 9.69. The van der Waals surface area contributed by atoms with Crippen molar-refractivity contribution < 1.29 is 5.11 Å². The molecule has 0 heterocycles. The normalized spacial score (nSPS) is 11.8. The molecule has 0 saturated carbocycles. The number of nitrogens with two attached hydrogens (primary N) is 1. The Morgan fingerprint density at radius 3 is 2.50 bits per heavy atom. The van der Waals surface area contributed by atoms with Gasteiger partial charge in [-0.15, -0.1) is 0 Å². The van der Waals surface area contributed by atoms with Crippen LogP contribution in [0.3, 0.4) is 0 Å². The molecule has 1 aromatic rings. The Bertz CT molecular complexity index is 342. The molecule has 0 amide bonds. The van der Waals surface area contributed by atoms with Crippen LogP contribution < -0.4 is 5.73 Å². The second-order valence-electron chi connectivity index (χ2n) is 4.36. The molecule has 0 fully saturated rings. The fourth-order valence-electron chi connectivity index (χ4n) is 1.35. The van der Waals surface area contributed by atoms with Crippen molar-refractivity contribution in [2.45, 2.75) is 32.7 Å². The van der Waals surface area contributed by atoms with Gasteiger partial charge < -0.3 is 10.8 Å². The summed E-state index contributed by atoms with van der Waals surface area (Å²) in [5.41, 5.74) is 7.61. The van der Waals surface area contributed by atoms with Gasteiger partial charge in [-0.1, -0.05) is 22.0 Å². The first kappa shape index (κ1) is 11.5. The maximum Gasteiger partial charge on any atom is 0.119 e. The summed E-state index contributed by atoms with van der Waals surface area (Å²) in [6, 6.07) is 3.59. The smallest absolute Gasteiger partial charge is 0.119 e. The van der Waals surface area contributed by atoms with Crippen LogP contribution in [0.1, 0.15) is 25.0 Å². The highest BCUT2D eigenvalue weighted by Crippen LogP contribution is 2.31. The summed E-state index contributed by atoms with van der Waals surface area (Å²) < 4.78 is 0.955. The van der Waals surface area contributed by atoms with Gasteiger partial charge in [-0.3, -0.25) is 0 Å². The number of phenols is 1. The number of hydrogen-bond acceptors (Lipinski definition) is 2. The van der Waals surface area contributed by atoms with Gasteiger partial charge in [0.1, 0.15) is 5.75 Å². The molecule has 0 aliphatic rings. The molecule has 1 rings (SSSR count). The van der Waals surface area contributed by atoms with Crippen molar-refractivity contribution in [1.29, 1.82) is 0 Å². The maximum atomic E-state index is 9.69.